The zero-order valence-corrected chi connectivity index (χ0v) is 15.7. The van der Waals surface area contributed by atoms with Crippen LogP contribution in [0.2, 0.25) is 0 Å². The molecular formula is C22H21N3O3. The van der Waals surface area contributed by atoms with Gasteiger partial charge in [0, 0.05) is 23.1 Å². The van der Waals surface area contributed by atoms with E-state index in [2.05, 4.69) is 15.6 Å². The van der Waals surface area contributed by atoms with Crippen LogP contribution in [0.15, 0.2) is 72.9 Å². The molecule has 0 bridgehead atoms. The smallest absolute Gasteiger partial charge is 0.274 e. The number of hydrogen-bond donors (Lipinski definition) is 2. The lowest BCUT2D eigenvalue weighted by Crippen LogP contribution is -2.17. The summed E-state index contributed by atoms with van der Waals surface area (Å²) in [6.07, 6.45) is 1.52. The van der Waals surface area contributed by atoms with Crippen molar-refractivity contribution in [1.29, 1.82) is 0 Å². The van der Waals surface area contributed by atoms with Gasteiger partial charge in [0.25, 0.3) is 11.8 Å². The van der Waals surface area contributed by atoms with E-state index in [1.807, 2.05) is 32.0 Å². The molecule has 6 heteroatoms. The molecule has 142 valence electrons. The van der Waals surface area contributed by atoms with Crippen molar-refractivity contribution in [2.45, 2.75) is 20.0 Å². The Labute approximate surface area is 163 Å². The third-order valence-corrected chi connectivity index (χ3v) is 3.77. The van der Waals surface area contributed by atoms with E-state index in [0.717, 1.165) is 5.75 Å². The molecule has 2 amide bonds. The third-order valence-electron chi connectivity index (χ3n) is 3.77. The molecule has 0 aliphatic carbocycles. The molecule has 2 aromatic carbocycles. The average molecular weight is 375 g/mol. The van der Waals surface area contributed by atoms with Crippen molar-refractivity contribution in [1.82, 2.24) is 4.98 Å². The highest BCUT2D eigenvalue weighted by atomic mass is 16.5. The summed E-state index contributed by atoms with van der Waals surface area (Å²) < 4.78 is 5.58. The number of anilines is 2. The number of nitrogens with one attached hydrogen (secondary N) is 2. The molecule has 0 unspecified atom stereocenters. The van der Waals surface area contributed by atoms with E-state index in [9.17, 15) is 9.59 Å². The number of rotatable bonds is 6. The fraction of sp³-hybridized carbons (Fsp3) is 0.136. The SMILES string of the molecule is CC(C)Oc1ccc(NC(=O)c2ccnc(C(=O)Nc3ccccc3)c2)cc1. The Balaban J connectivity index is 1.67. The van der Waals surface area contributed by atoms with Crippen LogP contribution in [0.3, 0.4) is 0 Å². The first kappa shape index (κ1) is 19.1. The van der Waals surface area contributed by atoms with Gasteiger partial charge in [0.2, 0.25) is 0 Å². The van der Waals surface area contributed by atoms with E-state index in [0.29, 0.717) is 16.9 Å². The second-order valence-corrected chi connectivity index (χ2v) is 6.40. The Bertz CT molecular complexity index is 954. The normalized spacial score (nSPS) is 10.4. The first-order chi connectivity index (χ1) is 13.5. The van der Waals surface area contributed by atoms with Crippen molar-refractivity contribution in [3.63, 3.8) is 0 Å². The van der Waals surface area contributed by atoms with Crippen LogP contribution in [0, 0.1) is 0 Å². The number of para-hydroxylation sites is 1. The fourth-order valence-corrected chi connectivity index (χ4v) is 2.50. The van der Waals surface area contributed by atoms with Crippen LogP contribution in [0.25, 0.3) is 0 Å². The molecule has 0 fully saturated rings. The minimum Gasteiger partial charge on any atom is -0.491 e. The molecule has 0 saturated heterocycles. The van der Waals surface area contributed by atoms with Gasteiger partial charge in [0.15, 0.2) is 0 Å². The highest BCUT2D eigenvalue weighted by Crippen LogP contribution is 2.18. The molecule has 0 saturated carbocycles. The van der Waals surface area contributed by atoms with Gasteiger partial charge in [-0.2, -0.15) is 0 Å². The second kappa shape index (κ2) is 8.81. The van der Waals surface area contributed by atoms with E-state index in [1.54, 1.807) is 42.5 Å². The Hall–Kier alpha value is -3.67. The van der Waals surface area contributed by atoms with Crippen molar-refractivity contribution >= 4 is 23.2 Å². The first-order valence-electron chi connectivity index (χ1n) is 8.92. The van der Waals surface area contributed by atoms with Gasteiger partial charge in [-0.15, -0.1) is 0 Å². The Morgan fingerprint density at radius 3 is 2.18 bits per heavy atom. The molecule has 1 heterocycles. The number of ether oxygens (including phenoxy) is 1. The van der Waals surface area contributed by atoms with Crippen LogP contribution >= 0.6 is 0 Å². The lowest BCUT2D eigenvalue weighted by atomic mass is 10.2. The van der Waals surface area contributed by atoms with Crippen molar-refractivity contribution in [3.8, 4) is 5.75 Å². The van der Waals surface area contributed by atoms with Gasteiger partial charge < -0.3 is 15.4 Å². The topological polar surface area (TPSA) is 80.3 Å². The molecule has 0 radical (unpaired) electrons. The van der Waals surface area contributed by atoms with E-state index in [-0.39, 0.29) is 23.6 Å². The van der Waals surface area contributed by atoms with E-state index in [1.165, 1.54) is 12.3 Å². The van der Waals surface area contributed by atoms with Crippen molar-refractivity contribution in [2.75, 3.05) is 10.6 Å². The lowest BCUT2D eigenvalue weighted by molar-refractivity contribution is 0.102. The predicted octanol–water partition coefficient (Wildman–Crippen LogP) is 4.37. The Morgan fingerprint density at radius 2 is 1.50 bits per heavy atom. The average Bonchev–Trinajstić information content (AvgIpc) is 2.70. The first-order valence-corrected chi connectivity index (χ1v) is 8.92. The number of benzene rings is 2. The van der Waals surface area contributed by atoms with Crippen LogP contribution in [-0.2, 0) is 0 Å². The van der Waals surface area contributed by atoms with Crippen LogP contribution in [0.4, 0.5) is 11.4 Å². The maximum absolute atomic E-state index is 12.5. The summed E-state index contributed by atoms with van der Waals surface area (Å²) in [5.41, 5.74) is 1.80. The van der Waals surface area contributed by atoms with Crippen LogP contribution < -0.4 is 15.4 Å². The van der Waals surface area contributed by atoms with Gasteiger partial charge >= 0.3 is 0 Å². The van der Waals surface area contributed by atoms with Gasteiger partial charge in [0.05, 0.1) is 6.10 Å². The minimum absolute atomic E-state index is 0.0812. The van der Waals surface area contributed by atoms with Gasteiger partial charge in [0.1, 0.15) is 11.4 Å². The minimum atomic E-state index is -0.379. The summed E-state index contributed by atoms with van der Waals surface area (Å²) in [7, 11) is 0. The Morgan fingerprint density at radius 1 is 0.857 bits per heavy atom. The zero-order valence-electron chi connectivity index (χ0n) is 15.7. The van der Waals surface area contributed by atoms with Gasteiger partial charge in [-0.3, -0.25) is 14.6 Å². The molecule has 0 spiro atoms. The zero-order chi connectivity index (χ0) is 19.9. The molecule has 0 atom stereocenters. The highest BCUT2D eigenvalue weighted by Gasteiger charge is 2.12. The largest absolute Gasteiger partial charge is 0.491 e. The maximum Gasteiger partial charge on any atom is 0.274 e. The summed E-state index contributed by atoms with van der Waals surface area (Å²) in [5.74, 6) is 0.0292. The molecule has 3 rings (SSSR count). The van der Waals surface area contributed by atoms with Gasteiger partial charge in [-0.1, -0.05) is 18.2 Å². The lowest BCUT2D eigenvalue weighted by Gasteiger charge is -2.11. The molecule has 1 aromatic heterocycles. The second-order valence-electron chi connectivity index (χ2n) is 6.40. The predicted molar refractivity (Wildman–Crippen MR) is 109 cm³/mol. The molecule has 0 aliphatic rings. The number of hydrogen-bond acceptors (Lipinski definition) is 4. The summed E-state index contributed by atoms with van der Waals surface area (Å²) in [4.78, 5) is 28.9. The van der Waals surface area contributed by atoms with Crippen molar-refractivity contribution in [2.24, 2.45) is 0 Å². The number of pyridine rings is 1. The molecule has 6 nitrogen and oxygen atoms in total. The standard InChI is InChI=1S/C22H21N3O3/c1-15(2)28-19-10-8-18(9-11-19)24-21(26)16-12-13-23-20(14-16)22(27)25-17-6-4-3-5-7-17/h3-15H,1-2H3,(H,24,26)(H,25,27). The van der Waals surface area contributed by atoms with Gasteiger partial charge in [-0.05, 0) is 62.4 Å². The van der Waals surface area contributed by atoms with E-state index < -0.39 is 0 Å². The molecule has 3 aromatic rings. The molecule has 0 aliphatic heterocycles. The van der Waals surface area contributed by atoms with E-state index >= 15 is 0 Å². The summed E-state index contributed by atoms with van der Waals surface area (Å²) >= 11 is 0. The number of aromatic nitrogens is 1. The maximum atomic E-state index is 12.5. The number of carbonyl (C=O) groups excluding carboxylic acids is 2. The quantitative estimate of drug-likeness (QED) is 0.670. The summed E-state index contributed by atoms with van der Waals surface area (Å²) in [6, 6.07) is 19.2. The number of nitrogens with zero attached hydrogens (tertiary/aromatic N) is 1. The number of amides is 2. The van der Waals surface area contributed by atoms with E-state index in [4.69, 9.17) is 4.74 Å². The third kappa shape index (κ3) is 5.17. The van der Waals surface area contributed by atoms with Crippen molar-refractivity contribution in [3.05, 3.63) is 84.2 Å². The summed E-state index contributed by atoms with van der Waals surface area (Å²) in [6.45, 7) is 3.90. The van der Waals surface area contributed by atoms with Gasteiger partial charge in [-0.25, -0.2) is 0 Å². The Kier molecular flexibility index (Phi) is 6.01. The summed E-state index contributed by atoms with van der Waals surface area (Å²) in [5, 5.41) is 5.55. The van der Waals surface area contributed by atoms with Crippen molar-refractivity contribution < 1.29 is 14.3 Å². The molecular weight excluding hydrogens is 354 g/mol. The van der Waals surface area contributed by atoms with Crippen LogP contribution in [-0.4, -0.2) is 22.9 Å². The number of carbonyl (C=O) groups is 2. The fourth-order valence-electron chi connectivity index (χ4n) is 2.50. The monoisotopic (exact) mass is 375 g/mol. The van der Waals surface area contributed by atoms with Crippen LogP contribution in [0.5, 0.6) is 5.75 Å². The molecule has 2 N–H and O–H groups in total. The molecule has 28 heavy (non-hydrogen) atoms. The highest BCUT2D eigenvalue weighted by molar-refractivity contribution is 6.07. The van der Waals surface area contributed by atoms with Crippen LogP contribution in [0.1, 0.15) is 34.7 Å².